The molecule has 0 aliphatic carbocycles. The molecule has 34 heavy (non-hydrogen) atoms. The van der Waals surface area contributed by atoms with Gasteiger partial charge in [0.1, 0.15) is 5.82 Å². The second-order valence-electron chi connectivity index (χ2n) is 8.07. The summed E-state index contributed by atoms with van der Waals surface area (Å²) in [4.78, 5) is 53.6. The summed E-state index contributed by atoms with van der Waals surface area (Å²) in [5, 5.41) is 5.75. The number of nitrogens with zero attached hydrogens (tertiary/aromatic N) is 2. The van der Waals surface area contributed by atoms with E-state index < -0.39 is 18.0 Å². The summed E-state index contributed by atoms with van der Waals surface area (Å²) in [6.07, 6.45) is -0.945. The van der Waals surface area contributed by atoms with Crippen LogP contribution in [-0.2, 0) is 32.6 Å². The molecule has 2 N–H and O–H groups in total. The van der Waals surface area contributed by atoms with Crippen LogP contribution in [0.15, 0.2) is 47.3 Å². The summed E-state index contributed by atoms with van der Waals surface area (Å²) in [6, 6.07) is 12.7. The molecule has 1 aromatic heterocycles. The van der Waals surface area contributed by atoms with Crippen molar-refractivity contribution in [2.45, 2.75) is 39.7 Å². The van der Waals surface area contributed by atoms with Crippen LogP contribution in [-0.4, -0.2) is 40.0 Å². The number of hydrogen-bond acceptors (Lipinski definition) is 6. The monoisotopic (exact) mass is 464 g/mol. The zero-order valence-electron chi connectivity index (χ0n) is 19.7. The molecule has 0 saturated heterocycles. The number of anilines is 1. The molecular formula is C25H28N4O5. The van der Waals surface area contributed by atoms with Gasteiger partial charge < -0.3 is 15.4 Å². The van der Waals surface area contributed by atoms with Crippen molar-refractivity contribution in [1.29, 1.82) is 0 Å². The summed E-state index contributed by atoms with van der Waals surface area (Å²) in [7, 11) is 1.60. The van der Waals surface area contributed by atoms with Gasteiger partial charge in [0, 0.05) is 19.2 Å². The average molecular weight is 465 g/mol. The van der Waals surface area contributed by atoms with E-state index >= 15 is 0 Å². The molecule has 1 unspecified atom stereocenters. The first-order valence-corrected chi connectivity index (χ1v) is 10.9. The molecule has 2 aromatic carbocycles. The number of hydrogen-bond donors (Lipinski definition) is 2. The first-order valence-electron chi connectivity index (χ1n) is 10.9. The maximum Gasteiger partial charge on any atom is 0.307 e. The number of aromatic nitrogens is 2. The maximum atomic E-state index is 12.5. The quantitative estimate of drug-likeness (QED) is 0.493. The molecule has 0 aliphatic rings. The van der Waals surface area contributed by atoms with E-state index in [0.29, 0.717) is 22.4 Å². The highest BCUT2D eigenvalue weighted by molar-refractivity contribution is 5.96. The summed E-state index contributed by atoms with van der Waals surface area (Å²) in [5.74, 6) is -1.13. The Bertz CT molecular complexity index is 1280. The predicted octanol–water partition coefficient (Wildman–Crippen LogP) is 2.17. The molecule has 178 valence electrons. The normalized spacial score (nSPS) is 11.6. The van der Waals surface area contributed by atoms with Gasteiger partial charge in [-0.1, -0.05) is 30.3 Å². The molecule has 1 heterocycles. The Kier molecular flexibility index (Phi) is 7.78. The van der Waals surface area contributed by atoms with Crippen LogP contribution >= 0.6 is 0 Å². The largest absolute Gasteiger partial charge is 0.453 e. The summed E-state index contributed by atoms with van der Waals surface area (Å²) >= 11 is 0. The van der Waals surface area contributed by atoms with Crippen molar-refractivity contribution in [3.8, 4) is 0 Å². The Morgan fingerprint density at radius 2 is 1.74 bits per heavy atom. The maximum absolute atomic E-state index is 12.5. The molecule has 1 atom stereocenters. The van der Waals surface area contributed by atoms with Crippen LogP contribution in [0.4, 0.5) is 5.69 Å². The molecule has 0 aliphatic heterocycles. The fourth-order valence-electron chi connectivity index (χ4n) is 3.52. The topological polar surface area (TPSA) is 119 Å². The number of esters is 1. The number of rotatable bonds is 8. The lowest BCUT2D eigenvalue weighted by Crippen LogP contribution is -2.40. The van der Waals surface area contributed by atoms with E-state index in [2.05, 4.69) is 15.6 Å². The molecular weight excluding hydrogens is 436 g/mol. The number of aryl methyl sites for hydroxylation is 3. The second kappa shape index (κ2) is 10.7. The number of para-hydroxylation sites is 2. The Labute approximate surface area is 197 Å². The molecule has 3 rings (SSSR count). The number of ether oxygens (including phenoxy) is 1. The highest BCUT2D eigenvalue weighted by atomic mass is 16.5. The first kappa shape index (κ1) is 24.6. The van der Waals surface area contributed by atoms with Crippen LogP contribution in [0.25, 0.3) is 10.9 Å². The van der Waals surface area contributed by atoms with Crippen LogP contribution in [0.5, 0.6) is 0 Å². The number of nitrogens with one attached hydrogen (secondary N) is 2. The fourth-order valence-corrected chi connectivity index (χ4v) is 3.52. The molecule has 0 spiro atoms. The molecule has 2 amide bonds. The number of carbonyl (C=O) groups excluding carboxylic acids is 3. The zero-order chi connectivity index (χ0) is 24.8. The van der Waals surface area contributed by atoms with Crippen LogP contribution in [0, 0.1) is 13.8 Å². The van der Waals surface area contributed by atoms with E-state index in [1.54, 1.807) is 31.3 Å². The van der Waals surface area contributed by atoms with Gasteiger partial charge in [-0.05, 0) is 44.0 Å². The third-order valence-corrected chi connectivity index (χ3v) is 5.47. The number of fused-ring (bicyclic) bond motifs is 1. The molecule has 0 radical (unpaired) electrons. The minimum Gasteiger partial charge on any atom is -0.453 e. The number of amides is 2. The van der Waals surface area contributed by atoms with Gasteiger partial charge in [0.05, 0.1) is 23.9 Å². The van der Waals surface area contributed by atoms with Crippen molar-refractivity contribution in [2.24, 2.45) is 7.05 Å². The van der Waals surface area contributed by atoms with Crippen molar-refractivity contribution in [2.75, 3.05) is 11.9 Å². The van der Waals surface area contributed by atoms with Gasteiger partial charge in [-0.3, -0.25) is 23.7 Å². The van der Waals surface area contributed by atoms with E-state index in [9.17, 15) is 19.2 Å². The highest BCUT2D eigenvalue weighted by Crippen LogP contribution is 2.19. The summed E-state index contributed by atoms with van der Waals surface area (Å²) in [6.45, 7) is 4.94. The third kappa shape index (κ3) is 5.86. The van der Waals surface area contributed by atoms with E-state index in [1.165, 1.54) is 11.5 Å². The van der Waals surface area contributed by atoms with Gasteiger partial charge in [0.15, 0.2) is 6.10 Å². The fraction of sp³-hybridized carbons (Fsp3) is 0.320. The summed E-state index contributed by atoms with van der Waals surface area (Å²) < 4.78 is 6.59. The molecule has 3 aromatic rings. The van der Waals surface area contributed by atoms with Gasteiger partial charge in [0.2, 0.25) is 5.91 Å². The Hall–Kier alpha value is -4.01. The standard InChI is InChI=1S/C25H28N4O5/c1-15-8-7-9-16(2)23(15)28-21(30)14-26-24(32)17(3)34-22(31)13-12-20-27-19-11-6-5-10-18(19)25(33)29(20)4/h5-11,17H,12-14H2,1-4H3,(H,26,32)(H,28,30). The van der Waals surface area contributed by atoms with Gasteiger partial charge in [-0.2, -0.15) is 0 Å². The average Bonchev–Trinajstić information content (AvgIpc) is 2.81. The lowest BCUT2D eigenvalue weighted by atomic mass is 10.1. The molecule has 9 heteroatoms. The smallest absolute Gasteiger partial charge is 0.307 e. The molecule has 0 saturated carbocycles. The summed E-state index contributed by atoms with van der Waals surface area (Å²) in [5.41, 5.74) is 2.90. The number of benzene rings is 2. The van der Waals surface area contributed by atoms with Crippen molar-refractivity contribution in [1.82, 2.24) is 14.9 Å². The van der Waals surface area contributed by atoms with Gasteiger partial charge >= 0.3 is 5.97 Å². The van der Waals surface area contributed by atoms with Crippen molar-refractivity contribution in [3.05, 3.63) is 69.8 Å². The SMILES string of the molecule is Cc1cccc(C)c1NC(=O)CNC(=O)C(C)OC(=O)CCc1nc2ccccc2c(=O)n1C. The Balaban J connectivity index is 1.49. The highest BCUT2D eigenvalue weighted by Gasteiger charge is 2.19. The minimum absolute atomic E-state index is 0.0523. The lowest BCUT2D eigenvalue weighted by Gasteiger charge is -2.15. The van der Waals surface area contributed by atoms with Crippen LogP contribution < -0.4 is 16.2 Å². The van der Waals surface area contributed by atoms with Crippen LogP contribution in [0.1, 0.15) is 30.3 Å². The van der Waals surface area contributed by atoms with Crippen molar-refractivity contribution >= 4 is 34.4 Å². The van der Waals surface area contributed by atoms with Gasteiger partial charge in [-0.25, -0.2) is 4.98 Å². The molecule has 0 fully saturated rings. The minimum atomic E-state index is -1.08. The van der Waals surface area contributed by atoms with E-state index in [0.717, 1.165) is 11.1 Å². The van der Waals surface area contributed by atoms with Crippen molar-refractivity contribution in [3.63, 3.8) is 0 Å². The van der Waals surface area contributed by atoms with Gasteiger partial charge in [-0.15, -0.1) is 0 Å². The Morgan fingerprint density at radius 3 is 2.44 bits per heavy atom. The predicted molar refractivity (Wildman–Crippen MR) is 128 cm³/mol. The second-order valence-corrected chi connectivity index (χ2v) is 8.07. The van der Waals surface area contributed by atoms with E-state index in [1.807, 2.05) is 32.0 Å². The number of carbonyl (C=O) groups is 3. The van der Waals surface area contributed by atoms with E-state index in [4.69, 9.17) is 4.74 Å². The molecule has 9 nitrogen and oxygen atoms in total. The Morgan fingerprint density at radius 1 is 1.06 bits per heavy atom. The van der Waals surface area contributed by atoms with Crippen molar-refractivity contribution < 1.29 is 19.1 Å². The van der Waals surface area contributed by atoms with Gasteiger partial charge in [0.25, 0.3) is 11.5 Å². The zero-order valence-corrected chi connectivity index (χ0v) is 19.7. The lowest BCUT2D eigenvalue weighted by molar-refractivity contribution is -0.154. The van der Waals surface area contributed by atoms with E-state index in [-0.39, 0.29) is 30.9 Å². The first-order chi connectivity index (χ1) is 16.2. The van der Waals surface area contributed by atoms with Crippen LogP contribution in [0.3, 0.4) is 0 Å². The van der Waals surface area contributed by atoms with Crippen LogP contribution in [0.2, 0.25) is 0 Å². The third-order valence-electron chi connectivity index (χ3n) is 5.47. The molecule has 0 bridgehead atoms.